The molecule has 3 saturated heterocycles. The van der Waals surface area contributed by atoms with Crippen molar-refractivity contribution in [2.24, 2.45) is 5.73 Å². The molecule has 2 bridgehead atoms. The Morgan fingerprint density at radius 3 is 3.00 bits per heavy atom. The van der Waals surface area contributed by atoms with Crippen molar-refractivity contribution in [1.82, 2.24) is 0 Å². The summed E-state index contributed by atoms with van der Waals surface area (Å²) < 4.78 is 15.9. The van der Waals surface area contributed by atoms with Crippen molar-refractivity contribution < 1.29 is 14.2 Å². The summed E-state index contributed by atoms with van der Waals surface area (Å²) in [5, 5.41) is 0. The molecule has 3 rings (SSSR count). The summed E-state index contributed by atoms with van der Waals surface area (Å²) in [4.78, 5) is 0. The van der Waals surface area contributed by atoms with E-state index in [2.05, 4.69) is 0 Å². The maximum Gasteiger partial charge on any atom is 0.175 e. The Balaban J connectivity index is 1.91. The predicted molar refractivity (Wildman–Crippen MR) is 31.2 cm³/mol. The number of fused-ring (bicyclic) bond motifs is 4. The number of ether oxygens (including phenoxy) is 3. The van der Waals surface area contributed by atoms with Crippen LogP contribution in [-0.2, 0) is 14.2 Å². The average Bonchev–Trinajstić information content (AvgIpc) is 2.61. The first kappa shape index (κ1) is 5.49. The van der Waals surface area contributed by atoms with E-state index in [9.17, 15) is 0 Å². The molecule has 4 nitrogen and oxygen atoms in total. The highest BCUT2D eigenvalue weighted by Gasteiger charge is 2.59. The van der Waals surface area contributed by atoms with Crippen LogP contribution in [0.2, 0.25) is 0 Å². The van der Waals surface area contributed by atoms with Gasteiger partial charge in [-0.2, -0.15) is 0 Å². The van der Waals surface area contributed by atoms with Gasteiger partial charge in [-0.1, -0.05) is 0 Å². The van der Waals surface area contributed by atoms with Crippen molar-refractivity contribution in [1.29, 1.82) is 0 Å². The van der Waals surface area contributed by atoms with Gasteiger partial charge in [0.25, 0.3) is 0 Å². The fourth-order valence-corrected chi connectivity index (χ4v) is 1.71. The highest BCUT2D eigenvalue weighted by molar-refractivity contribution is 5.05. The van der Waals surface area contributed by atoms with Gasteiger partial charge in [-0.05, 0) is 0 Å². The van der Waals surface area contributed by atoms with E-state index in [0.717, 1.165) is 0 Å². The van der Waals surface area contributed by atoms with Crippen LogP contribution in [0.4, 0.5) is 0 Å². The first-order valence-electron chi connectivity index (χ1n) is 3.54. The first-order chi connectivity index (χ1) is 4.86. The van der Waals surface area contributed by atoms with E-state index < -0.39 is 0 Å². The van der Waals surface area contributed by atoms with Crippen molar-refractivity contribution in [2.45, 2.75) is 30.6 Å². The molecule has 4 heteroatoms. The third-order valence-corrected chi connectivity index (χ3v) is 2.36. The van der Waals surface area contributed by atoms with Crippen molar-refractivity contribution in [2.75, 3.05) is 6.61 Å². The normalized spacial score (nSPS) is 63.9. The minimum Gasteiger partial charge on any atom is -0.365 e. The Kier molecular flexibility index (Phi) is 0.840. The first-order valence-corrected chi connectivity index (χ1v) is 3.54. The maximum atomic E-state index is 5.73. The van der Waals surface area contributed by atoms with Crippen molar-refractivity contribution in [3.63, 3.8) is 0 Å². The second-order valence-corrected chi connectivity index (χ2v) is 3.02. The average molecular weight is 143 g/mol. The summed E-state index contributed by atoms with van der Waals surface area (Å²) in [5.41, 5.74) is 5.73. The number of rotatable bonds is 0. The summed E-state index contributed by atoms with van der Waals surface area (Å²) in [6.07, 6.45) is 0.406. The fourth-order valence-electron chi connectivity index (χ4n) is 1.71. The minimum absolute atomic E-state index is 0.0660. The molecule has 0 spiro atoms. The molecule has 0 aromatic carbocycles. The molecular weight excluding hydrogens is 134 g/mol. The third-order valence-electron chi connectivity index (χ3n) is 2.36. The Bertz CT molecular complexity index is 172. The van der Waals surface area contributed by atoms with E-state index >= 15 is 0 Å². The van der Waals surface area contributed by atoms with Crippen LogP contribution in [0.25, 0.3) is 0 Å². The highest BCUT2D eigenvalue weighted by atomic mass is 16.8. The smallest absolute Gasteiger partial charge is 0.175 e. The van der Waals surface area contributed by atoms with Gasteiger partial charge in [0.2, 0.25) is 0 Å². The Morgan fingerprint density at radius 1 is 1.20 bits per heavy atom. The van der Waals surface area contributed by atoms with Crippen molar-refractivity contribution >= 4 is 0 Å². The molecule has 3 aliphatic rings. The quantitative estimate of drug-likeness (QED) is 0.434. The molecule has 0 unspecified atom stereocenters. The summed E-state index contributed by atoms with van der Waals surface area (Å²) in [7, 11) is 0. The zero-order valence-corrected chi connectivity index (χ0v) is 5.40. The second kappa shape index (κ2) is 1.53. The molecule has 0 saturated carbocycles. The summed E-state index contributed by atoms with van der Waals surface area (Å²) >= 11 is 0. The topological polar surface area (TPSA) is 57.0 Å². The van der Waals surface area contributed by atoms with Crippen molar-refractivity contribution in [3.05, 3.63) is 0 Å². The van der Waals surface area contributed by atoms with Crippen LogP contribution in [0.1, 0.15) is 0 Å². The van der Waals surface area contributed by atoms with E-state index in [4.69, 9.17) is 19.9 Å². The molecule has 56 valence electrons. The van der Waals surface area contributed by atoms with Crippen LogP contribution in [0.5, 0.6) is 0 Å². The van der Waals surface area contributed by atoms with E-state index in [-0.39, 0.29) is 30.6 Å². The van der Waals surface area contributed by atoms with Crippen LogP contribution in [0, 0.1) is 0 Å². The van der Waals surface area contributed by atoms with Gasteiger partial charge in [0.05, 0.1) is 12.6 Å². The zero-order chi connectivity index (χ0) is 6.72. The highest BCUT2D eigenvalue weighted by Crippen LogP contribution is 2.40. The zero-order valence-electron chi connectivity index (χ0n) is 5.40. The Morgan fingerprint density at radius 2 is 2.10 bits per heavy atom. The molecule has 3 aliphatic heterocycles. The van der Waals surface area contributed by atoms with Gasteiger partial charge in [0.15, 0.2) is 6.29 Å². The molecule has 0 aromatic heterocycles. The van der Waals surface area contributed by atoms with Crippen LogP contribution in [0.15, 0.2) is 0 Å². The summed E-state index contributed by atoms with van der Waals surface area (Å²) in [5.74, 6) is 0. The minimum atomic E-state index is -0.200. The summed E-state index contributed by atoms with van der Waals surface area (Å²) in [6, 6.07) is -0.0660. The molecule has 3 heterocycles. The number of epoxide rings is 1. The molecule has 3 fully saturated rings. The molecule has 2 N–H and O–H groups in total. The largest absolute Gasteiger partial charge is 0.365 e. The van der Waals surface area contributed by atoms with Crippen LogP contribution < -0.4 is 5.73 Å². The second-order valence-electron chi connectivity index (χ2n) is 3.02. The fraction of sp³-hybridized carbons (Fsp3) is 1.00. The molecule has 0 amide bonds. The van der Waals surface area contributed by atoms with Crippen molar-refractivity contribution in [3.8, 4) is 0 Å². The van der Waals surface area contributed by atoms with Gasteiger partial charge in [0, 0.05) is 0 Å². The van der Waals surface area contributed by atoms with E-state index in [1.807, 2.05) is 0 Å². The lowest BCUT2D eigenvalue weighted by Crippen LogP contribution is -2.45. The Labute approximate surface area is 58.2 Å². The van der Waals surface area contributed by atoms with Gasteiger partial charge < -0.3 is 19.9 Å². The maximum absolute atomic E-state index is 5.73. The molecule has 10 heavy (non-hydrogen) atoms. The monoisotopic (exact) mass is 143 g/mol. The predicted octanol–water partition coefficient (Wildman–Crippen LogP) is -1.16. The van der Waals surface area contributed by atoms with Gasteiger partial charge in [-0.3, -0.25) is 0 Å². The van der Waals surface area contributed by atoms with Gasteiger partial charge in [0.1, 0.15) is 18.3 Å². The van der Waals surface area contributed by atoms with Crippen LogP contribution >= 0.6 is 0 Å². The third kappa shape index (κ3) is 0.509. The molecule has 0 radical (unpaired) electrons. The Hall–Kier alpha value is -0.160. The van der Waals surface area contributed by atoms with Gasteiger partial charge >= 0.3 is 0 Å². The van der Waals surface area contributed by atoms with Gasteiger partial charge in [-0.25, -0.2) is 0 Å². The number of hydrogen-bond acceptors (Lipinski definition) is 4. The molecular formula is C6H9NO3. The molecule has 0 aromatic rings. The van der Waals surface area contributed by atoms with E-state index in [0.29, 0.717) is 6.61 Å². The van der Waals surface area contributed by atoms with Gasteiger partial charge in [-0.15, -0.1) is 0 Å². The van der Waals surface area contributed by atoms with E-state index in [1.54, 1.807) is 0 Å². The number of nitrogens with two attached hydrogens (primary N) is 1. The lowest BCUT2D eigenvalue weighted by atomic mass is 10.1. The SMILES string of the molecule is N[C@@H]1[C@@H]2OC[C@@H](O2)[C@H]2O[C@@H]12. The van der Waals surface area contributed by atoms with Crippen LogP contribution in [-0.4, -0.2) is 37.3 Å². The lowest BCUT2D eigenvalue weighted by Gasteiger charge is -2.19. The van der Waals surface area contributed by atoms with E-state index in [1.165, 1.54) is 0 Å². The molecule has 0 aliphatic carbocycles. The molecule has 5 atom stereocenters. The standard InChI is InChI=1S/C6H9NO3/c7-3-5-4(10-5)2-1-8-6(3)9-2/h2-6H,1,7H2/t2-,3+,4-,5+,6-/m1/s1. The number of hydrogen-bond donors (Lipinski definition) is 1. The van der Waals surface area contributed by atoms with Crippen LogP contribution in [0.3, 0.4) is 0 Å². The lowest BCUT2D eigenvalue weighted by molar-refractivity contribution is -0.0847. The summed E-state index contributed by atoms with van der Waals surface area (Å²) in [6.45, 7) is 0.652.